The highest BCUT2D eigenvalue weighted by atomic mass is 16.4. The molecule has 1 saturated heterocycles. The van der Waals surface area contributed by atoms with E-state index in [1.165, 1.54) is 0 Å². The minimum absolute atomic E-state index is 0.00680. The van der Waals surface area contributed by atoms with E-state index in [4.69, 9.17) is 5.11 Å². The largest absolute Gasteiger partial charge is 0.481 e. The lowest BCUT2D eigenvalue weighted by atomic mass is 9.85. The summed E-state index contributed by atoms with van der Waals surface area (Å²) in [7, 11) is 0. The third-order valence-corrected chi connectivity index (χ3v) is 4.01. The van der Waals surface area contributed by atoms with Crippen LogP contribution >= 0.6 is 0 Å². The number of carbonyl (C=O) groups is 3. The predicted molar refractivity (Wildman–Crippen MR) is 67.3 cm³/mol. The van der Waals surface area contributed by atoms with Gasteiger partial charge in [0.15, 0.2) is 0 Å². The van der Waals surface area contributed by atoms with E-state index in [1.807, 2.05) is 0 Å². The van der Waals surface area contributed by atoms with Crippen LogP contribution in [0, 0.1) is 11.8 Å². The van der Waals surface area contributed by atoms with E-state index >= 15 is 0 Å². The average Bonchev–Trinajstić information content (AvgIpc) is 2.39. The normalized spacial score (nSPS) is 31.4. The van der Waals surface area contributed by atoms with Gasteiger partial charge in [0.2, 0.25) is 11.8 Å². The molecule has 1 aliphatic carbocycles. The second-order valence-corrected chi connectivity index (χ2v) is 5.45. The van der Waals surface area contributed by atoms with Gasteiger partial charge in [-0.2, -0.15) is 0 Å². The summed E-state index contributed by atoms with van der Waals surface area (Å²) in [4.78, 5) is 34.0. The molecule has 2 fully saturated rings. The maximum absolute atomic E-state index is 12.0. The van der Waals surface area contributed by atoms with Gasteiger partial charge in [0.25, 0.3) is 0 Å². The summed E-state index contributed by atoms with van der Waals surface area (Å²) in [6.07, 6.45) is 3.85. The van der Waals surface area contributed by atoms with Crippen LogP contribution in [0.15, 0.2) is 0 Å². The Hall–Kier alpha value is -1.59. The molecule has 0 aromatic carbocycles. The van der Waals surface area contributed by atoms with Crippen molar-refractivity contribution < 1.29 is 19.5 Å². The monoisotopic (exact) mass is 268 g/mol. The zero-order chi connectivity index (χ0) is 13.8. The second kappa shape index (κ2) is 6.04. The van der Waals surface area contributed by atoms with Gasteiger partial charge in [-0.05, 0) is 25.7 Å². The van der Waals surface area contributed by atoms with E-state index in [2.05, 4.69) is 10.6 Å². The number of rotatable bonds is 3. The fourth-order valence-corrected chi connectivity index (χ4v) is 2.82. The summed E-state index contributed by atoms with van der Waals surface area (Å²) < 4.78 is 0. The quantitative estimate of drug-likeness (QED) is 0.684. The van der Waals surface area contributed by atoms with Crippen LogP contribution in [0.5, 0.6) is 0 Å². The van der Waals surface area contributed by atoms with Crippen LogP contribution < -0.4 is 10.6 Å². The lowest BCUT2D eigenvalue weighted by molar-refractivity contribution is -0.143. The van der Waals surface area contributed by atoms with E-state index in [9.17, 15) is 14.4 Å². The van der Waals surface area contributed by atoms with Gasteiger partial charge in [0, 0.05) is 19.0 Å². The zero-order valence-electron chi connectivity index (χ0n) is 10.9. The lowest BCUT2D eigenvalue weighted by Gasteiger charge is -2.29. The Labute approximate surface area is 111 Å². The zero-order valence-corrected chi connectivity index (χ0v) is 10.9. The van der Waals surface area contributed by atoms with Crippen molar-refractivity contribution >= 4 is 17.8 Å². The van der Waals surface area contributed by atoms with E-state index in [0.717, 1.165) is 12.8 Å². The molecule has 0 spiro atoms. The third-order valence-electron chi connectivity index (χ3n) is 4.01. The fraction of sp³-hybridized carbons (Fsp3) is 0.769. The molecule has 2 rings (SSSR count). The molecule has 6 heteroatoms. The molecule has 6 nitrogen and oxygen atoms in total. The van der Waals surface area contributed by atoms with Crippen molar-refractivity contribution in [1.29, 1.82) is 0 Å². The van der Waals surface area contributed by atoms with Crippen molar-refractivity contribution in [3.63, 3.8) is 0 Å². The molecule has 106 valence electrons. The molecule has 0 aromatic rings. The molecule has 1 heterocycles. The van der Waals surface area contributed by atoms with Gasteiger partial charge in [0.05, 0.1) is 11.8 Å². The van der Waals surface area contributed by atoms with E-state index in [0.29, 0.717) is 32.2 Å². The summed E-state index contributed by atoms with van der Waals surface area (Å²) in [5.41, 5.74) is 0. The number of carbonyl (C=O) groups excluding carboxylic acids is 2. The number of amides is 2. The highest BCUT2D eigenvalue weighted by molar-refractivity contribution is 5.83. The van der Waals surface area contributed by atoms with Gasteiger partial charge >= 0.3 is 5.97 Å². The molecule has 1 saturated carbocycles. The standard InChI is InChI=1S/C13H20N2O4/c16-11-5-4-9(7-14-11)12(17)15-10-3-1-2-8(6-10)13(18)19/h8-10H,1-7H2,(H,14,16)(H,15,17)(H,18,19). The molecular formula is C13H20N2O4. The van der Waals surface area contributed by atoms with E-state index in [1.54, 1.807) is 0 Å². The van der Waals surface area contributed by atoms with Crippen molar-refractivity contribution in [2.75, 3.05) is 6.54 Å². The molecule has 3 atom stereocenters. The fourth-order valence-electron chi connectivity index (χ4n) is 2.82. The van der Waals surface area contributed by atoms with Crippen LogP contribution in [0.1, 0.15) is 38.5 Å². The molecule has 19 heavy (non-hydrogen) atoms. The first kappa shape index (κ1) is 13.8. The van der Waals surface area contributed by atoms with Crippen LogP contribution in [0.4, 0.5) is 0 Å². The summed E-state index contributed by atoms with van der Waals surface area (Å²) in [6, 6.07) is -0.0417. The highest BCUT2D eigenvalue weighted by Gasteiger charge is 2.30. The van der Waals surface area contributed by atoms with Crippen molar-refractivity contribution in [2.24, 2.45) is 11.8 Å². The molecule has 1 aliphatic heterocycles. The Morgan fingerprint density at radius 2 is 2.00 bits per heavy atom. The van der Waals surface area contributed by atoms with Gasteiger partial charge in [0.1, 0.15) is 0 Å². The van der Waals surface area contributed by atoms with Crippen LogP contribution in [0.2, 0.25) is 0 Å². The summed E-state index contributed by atoms with van der Waals surface area (Å²) in [6.45, 7) is 0.389. The molecule has 0 radical (unpaired) electrons. The van der Waals surface area contributed by atoms with E-state index < -0.39 is 5.97 Å². The van der Waals surface area contributed by atoms with Gasteiger partial charge in [-0.25, -0.2) is 0 Å². The van der Waals surface area contributed by atoms with Crippen molar-refractivity contribution in [2.45, 2.75) is 44.6 Å². The molecular weight excluding hydrogens is 248 g/mol. The SMILES string of the molecule is O=C1CCC(C(=O)NC2CCCC(C(=O)O)C2)CN1. The Morgan fingerprint density at radius 1 is 1.21 bits per heavy atom. The van der Waals surface area contributed by atoms with Crippen molar-refractivity contribution in [1.82, 2.24) is 10.6 Å². The predicted octanol–water partition coefficient (Wildman–Crippen LogP) is 0.272. The Balaban J connectivity index is 1.81. The second-order valence-electron chi connectivity index (χ2n) is 5.45. The first-order chi connectivity index (χ1) is 9.06. The molecule has 3 N–H and O–H groups in total. The first-order valence-electron chi connectivity index (χ1n) is 6.86. The number of hydrogen-bond donors (Lipinski definition) is 3. The highest BCUT2D eigenvalue weighted by Crippen LogP contribution is 2.25. The maximum Gasteiger partial charge on any atom is 0.306 e. The number of nitrogens with one attached hydrogen (secondary N) is 2. The van der Waals surface area contributed by atoms with E-state index in [-0.39, 0.29) is 29.7 Å². The lowest BCUT2D eigenvalue weighted by Crippen LogP contribution is -2.47. The minimum Gasteiger partial charge on any atom is -0.481 e. The molecule has 0 aromatic heterocycles. The van der Waals surface area contributed by atoms with Gasteiger partial charge in [-0.15, -0.1) is 0 Å². The van der Waals surface area contributed by atoms with Crippen LogP contribution in [0.3, 0.4) is 0 Å². The molecule has 2 amide bonds. The minimum atomic E-state index is -0.774. The summed E-state index contributed by atoms with van der Waals surface area (Å²) >= 11 is 0. The van der Waals surface area contributed by atoms with Crippen LogP contribution in [0.25, 0.3) is 0 Å². The van der Waals surface area contributed by atoms with Crippen LogP contribution in [-0.4, -0.2) is 35.5 Å². The number of carboxylic acid groups (broad SMARTS) is 1. The summed E-state index contributed by atoms with van der Waals surface area (Å²) in [5, 5.41) is 14.6. The first-order valence-corrected chi connectivity index (χ1v) is 6.86. The number of aliphatic carboxylic acids is 1. The molecule has 2 aliphatic rings. The molecule has 0 bridgehead atoms. The smallest absolute Gasteiger partial charge is 0.306 e. The van der Waals surface area contributed by atoms with Gasteiger partial charge in [-0.1, -0.05) is 6.42 Å². The van der Waals surface area contributed by atoms with Gasteiger partial charge < -0.3 is 15.7 Å². The van der Waals surface area contributed by atoms with Crippen molar-refractivity contribution in [3.05, 3.63) is 0 Å². The van der Waals surface area contributed by atoms with Crippen LogP contribution in [-0.2, 0) is 14.4 Å². The third kappa shape index (κ3) is 3.68. The summed E-state index contributed by atoms with van der Waals surface area (Å²) in [5.74, 6) is -1.36. The Kier molecular flexibility index (Phi) is 4.39. The maximum atomic E-state index is 12.0. The molecule has 3 unspecified atom stereocenters. The number of piperidine rings is 1. The topological polar surface area (TPSA) is 95.5 Å². The Morgan fingerprint density at radius 3 is 2.63 bits per heavy atom. The average molecular weight is 268 g/mol. The van der Waals surface area contributed by atoms with Crippen molar-refractivity contribution in [3.8, 4) is 0 Å². The van der Waals surface area contributed by atoms with Gasteiger partial charge in [-0.3, -0.25) is 14.4 Å². The Bertz CT molecular complexity index is 373. The number of hydrogen-bond acceptors (Lipinski definition) is 3. The number of carboxylic acids is 1.